The lowest BCUT2D eigenvalue weighted by atomic mass is 10.3. The predicted molar refractivity (Wildman–Crippen MR) is 51.4 cm³/mol. The smallest absolute Gasteiger partial charge is 0.126 e. The van der Waals surface area contributed by atoms with Gasteiger partial charge in [0.05, 0.1) is 0 Å². The summed E-state index contributed by atoms with van der Waals surface area (Å²) >= 11 is 0. The molecule has 1 aromatic heterocycles. The van der Waals surface area contributed by atoms with Gasteiger partial charge < -0.3 is 10.5 Å². The number of pyridine rings is 1. The molecule has 1 heterocycles. The summed E-state index contributed by atoms with van der Waals surface area (Å²) in [5.74, 6) is 1.28. The first-order valence-electron chi connectivity index (χ1n) is 4.33. The molecule has 0 amide bonds. The van der Waals surface area contributed by atoms with Crippen molar-refractivity contribution in [3.8, 4) is 5.75 Å². The fourth-order valence-corrected chi connectivity index (χ4v) is 1.17. The summed E-state index contributed by atoms with van der Waals surface area (Å²) in [6.45, 7) is 2.04. The standard InChI is InChI=1S/C10H12N2O/c1-7(8-2-3-8)13-9-4-5-12-10(11)6-9/h2,4-7H,3H2,1H3,(H2,11,12). The Morgan fingerprint density at radius 2 is 2.38 bits per heavy atom. The van der Waals surface area contributed by atoms with Crippen molar-refractivity contribution in [3.05, 3.63) is 30.0 Å². The highest BCUT2D eigenvalue weighted by molar-refractivity contribution is 5.37. The summed E-state index contributed by atoms with van der Waals surface area (Å²) in [5.41, 5.74) is 6.88. The Labute approximate surface area is 77.2 Å². The Morgan fingerprint density at radius 3 is 3.00 bits per heavy atom. The van der Waals surface area contributed by atoms with Gasteiger partial charge in [-0.05, 0) is 25.0 Å². The Hall–Kier alpha value is -1.51. The molecule has 0 aliphatic heterocycles. The van der Waals surface area contributed by atoms with Crippen molar-refractivity contribution in [1.29, 1.82) is 0 Å². The number of rotatable bonds is 3. The lowest BCUT2D eigenvalue weighted by molar-refractivity contribution is 0.262. The molecule has 0 fully saturated rings. The van der Waals surface area contributed by atoms with Crippen molar-refractivity contribution in [3.63, 3.8) is 0 Å². The van der Waals surface area contributed by atoms with Crippen LogP contribution in [0.1, 0.15) is 13.3 Å². The third-order valence-corrected chi connectivity index (χ3v) is 2.03. The predicted octanol–water partition coefficient (Wildman–Crippen LogP) is 1.76. The zero-order valence-corrected chi connectivity index (χ0v) is 7.53. The number of nitrogens with zero attached hydrogens (tertiary/aromatic N) is 1. The number of nitrogens with two attached hydrogens (primary N) is 1. The Morgan fingerprint density at radius 1 is 1.62 bits per heavy atom. The maximum Gasteiger partial charge on any atom is 0.126 e. The maximum atomic E-state index is 5.63. The van der Waals surface area contributed by atoms with Gasteiger partial charge in [-0.15, -0.1) is 0 Å². The molecule has 2 rings (SSSR count). The Bertz CT molecular complexity index is 347. The molecule has 0 saturated carbocycles. The van der Waals surface area contributed by atoms with E-state index in [1.165, 1.54) is 5.57 Å². The van der Waals surface area contributed by atoms with Gasteiger partial charge in [-0.2, -0.15) is 0 Å². The minimum atomic E-state index is 0.168. The van der Waals surface area contributed by atoms with E-state index in [9.17, 15) is 0 Å². The van der Waals surface area contributed by atoms with Crippen LogP contribution in [0.4, 0.5) is 5.82 Å². The summed E-state index contributed by atoms with van der Waals surface area (Å²) in [6, 6.07) is 3.55. The lowest BCUT2D eigenvalue weighted by Gasteiger charge is -2.11. The van der Waals surface area contributed by atoms with Crippen molar-refractivity contribution in [2.24, 2.45) is 0 Å². The molecule has 0 aromatic carbocycles. The zero-order chi connectivity index (χ0) is 9.26. The van der Waals surface area contributed by atoms with Crippen LogP contribution in [-0.4, -0.2) is 11.1 Å². The molecule has 0 radical (unpaired) electrons. The van der Waals surface area contributed by atoms with E-state index < -0.39 is 0 Å². The van der Waals surface area contributed by atoms with Crippen molar-refractivity contribution in [2.45, 2.75) is 19.4 Å². The summed E-state index contributed by atoms with van der Waals surface area (Å²) in [7, 11) is 0. The molecule has 3 heteroatoms. The van der Waals surface area contributed by atoms with Gasteiger partial charge in [-0.1, -0.05) is 6.08 Å². The van der Waals surface area contributed by atoms with Crippen LogP contribution in [0.2, 0.25) is 0 Å². The number of ether oxygens (including phenoxy) is 1. The summed E-state index contributed by atoms with van der Waals surface area (Å²) in [5, 5.41) is 0. The number of allylic oxidation sites excluding steroid dienone is 1. The Kier molecular flexibility index (Phi) is 1.93. The molecule has 1 atom stereocenters. The molecule has 2 N–H and O–H groups in total. The van der Waals surface area contributed by atoms with Gasteiger partial charge in [0.25, 0.3) is 0 Å². The molecule has 1 unspecified atom stereocenters. The highest BCUT2D eigenvalue weighted by Gasteiger charge is 2.17. The average Bonchev–Trinajstić information content (AvgIpc) is 2.85. The minimum Gasteiger partial charge on any atom is -0.486 e. The monoisotopic (exact) mass is 176 g/mol. The van der Waals surface area contributed by atoms with E-state index in [0.29, 0.717) is 5.82 Å². The topological polar surface area (TPSA) is 48.1 Å². The van der Waals surface area contributed by atoms with Crippen LogP contribution in [0.3, 0.4) is 0 Å². The van der Waals surface area contributed by atoms with Gasteiger partial charge in [0.1, 0.15) is 17.7 Å². The van der Waals surface area contributed by atoms with Crippen molar-refractivity contribution in [1.82, 2.24) is 4.98 Å². The molecular formula is C10H12N2O. The van der Waals surface area contributed by atoms with Gasteiger partial charge in [-0.25, -0.2) is 4.98 Å². The number of hydrogen-bond acceptors (Lipinski definition) is 3. The lowest BCUT2D eigenvalue weighted by Crippen LogP contribution is -2.10. The van der Waals surface area contributed by atoms with E-state index in [4.69, 9.17) is 10.5 Å². The van der Waals surface area contributed by atoms with Gasteiger partial charge in [0.2, 0.25) is 0 Å². The SMILES string of the molecule is CC(Oc1ccnc(N)c1)C1=CC1. The van der Waals surface area contributed by atoms with Gasteiger partial charge in [-0.3, -0.25) is 0 Å². The first kappa shape index (κ1) is 8.10. The van der Waals surface area contributed by atoms with E-state index in [1.807, 2.05) is 13.0 Å². The molecule has 68 valence electrons. The summed E-state index contributed by atoms with van der Waals surface area (Å²) in [4.78, 5) is 3.89. The molecular weight excluding hydrogens is 164 g/mol. The molecule has 0 spiro atoms. The van der Waals surface area contributed by atoms with Crippen LogP contribution in [0.15, 0.2) is 30.0 Å². The van der Waals surface area contributed by atoms with Gasteiger partial charge in [0, 0.05) is 12.3 Å². The number of hydrogen-bond donors (Lipinski definition) is 1. The quantitative estimate of drug-likeness (QED) is 0.714. The largest absolute Gasteiger partial charge is 0.486 e. The van der Waals surface area contributed by atoms with E-state index in [1.54, 1.807) is 12.3 Å². The molecule has 0 bridgehead atoms. The van der Waals surface area contributed by atoms with Crippen LogP contribution in [0, 0.1) is 0 Å². The van der Waals surface area contributed by atoms with Crippen LogP contribution < -0.4 is 10.5 Å². The van der Waals surface area contributed by atoms with Crippen LogP contribution in [0.25, 0.3) is 0 Å². The van der Waals surface area contributed by atoms with Crippen LogP contribution in [-0.2, 0) is 0 Å². The van der Waals surface area contributed by atoms with E-state index >= 15 is 0 Å². The number of nitrogen functional groups attached to an aromatic ring is 1. The summed E-state index contributed by atoms with van der Waals surface area (Å²) < 4.78 is 5.63. The number of anilines is 1. The first-order valence-corrected chi connectivity index (χ1v) is 4.33. The molecule has 13 heavy (non-hydrogen) atoms. The summed E-state index contributed by atoms with van der Waals surface area (Å²) in [6.07, 6.45) is 5.07. The fraction of sp³-hybridized carbons (Fsp3) is 0.300. The molecule has 1 aliphatic rings. The normalized spacial score (nSPS) is 16.2. The van der Waals surface area contributed by atoms with E-state index in [0.717, 1.165) is 12.2 Å². The highest BCUT2D eigenvalue weighted by Crippen LogP contribution is 2.26. The van der Waals surface area contributed by atoms with Crippen molar-refractivity contribution in [2.75, 3.05) is 5.73 Å². The third kappa shape index (κ3) is 1.99. The van der Waals surface area contributed by atoms with Crippen LogP contribution in [0.5, 0.6) is 5.75 Å². The third-order valence-electron chi connectivity index (χ3n) is 2.03. The van der Waals surface area contributed by atoms with Crippen molar-refractivity contribution < 1.29 is 4.74 Å². The van der Waals surface area contributed by atoms with Gasteiger partial charge >= 0.3 is 0 Å². The second-order valence-electron chi connectivity index (χ2n) is 3.16. The second-order valence-corrected chi connectivity index (χ2v) is 3.16. The van der Waals surface area contributed by atoms with E-state index in [-0.39, 0.29) is 6.10 Å². The number of aromatic nitrogens is 1. The van der Waals surface area contributed by atoms with Gasteiger partial charge in [0.15, 0.2) is 0 Å². The maximum absolute atomic E-state index is 5.63. The van der Waals surface area contributed by atoms with Crippen LogP contribution >= 0.6 is 0 Å². The zero-order valence-electron chi connectivity index (χ0n) is 7.53. The van der Waals surface area contributed by atoms with Crippen molar-refractivity contribution >= 4 is 5.82 Å². The second kappa shape index (κ2) is 3.09. The highest BCUT2D eigenvalue weighted by atomic mass is 16.5. The van der Waals surface area contributed by atoms with E-state index in [2.05, 4.69) is 11.1 Å². The average molecular weight is 176 g/mol. The first-order chi connectivity index (χ1) is 6.25. The molecule has 1 aliphatic carbocycles. The molecule has 1 aromatic rings. The molecule has 3 nitrogen and oxygen atoms in total. The fourth-order valence-electron chi connectivity index (χ4n) is 1.17. The minimum absolute atomic E-state index is 0.168. The molecule has 0 saturated heterocycles. The Balaban J connectivity index is 2.04.